The number of nitrogens with one attached hydrogen (secondary N) is 1. The van der Waals surface area contributed by atoms with E-state index >= 15 is 0 Å². The zero-order chi connectivity index (χ0) is 25.7. The lowest BCUT2D eigenvalue weighted by Crippen LogP contribution is -2.42. The number of ether oxygens (including phenoxy) is 1. The lowest BCUT2D eigenvalue weighted by molar-refractivity contribution is 0.0526. The fourth-order valence-electron chi connectivity index (χ4n) is 3.68. The predicted molar refractivity (Wildman–Crippen MR) is 149 cm³/mol. The molecule has 0 aliphatic rings. The quantitative estimate of drug-likeness (QED) is 0.211. The summed E-state index contributed by atoms with van der Waals surface area (Å²) < 4.78 is 5.06. The number of halogens is 2. The van der Waals surface area contributed by atoms with E-state index in [4.69, 9.17) is 40.2 Å². The first-order valence-corrected chi connectivity index (χ1v) is 12.4. The Hall–Kier alpha value is -3.45. The highest BCUT2D eigenvalue weighted by Gasteiger charge is 2.20. The summed E-state index contributed by atoms with van der Waals surface area (Å²) in [7, 11) is 0. The number of thiocarbonyl (C=S) groups is 1. The molecule has 0 aromatic heterocycles. The van der Waals surface area contributed by atoms with Crippen LogP contribution in [-0.2, 0) is 11.3 Å². The average Bonchev–Trinajstić information content (AvgIpc) is 2.88. The first-order valence-electron chi connectivity index (χ1n) is 11.2. The predicted octanol–water partition coefficient (Wildman–Crippen LogP) is 7.04. The first-order chi connectivity index (χ1) is 17.4. The second-order valence-corrected chi connectivity index (χ2v) is 9.08. The number of hydrogen-bond donors (Lipinski definition) is 1. The van der Waals surface area contributed by atoms with E-state index in [9.17, 15) is 9.59 Å². The highest BCUT2D eigenvalue weighted by atomic mass is 35.5. The number of anilines is 1. The van der Waals surface area contributed by atoms with E-state index in [-0.39, 0.29) is 24.2 Å². The van der Waals surface area contributed by atoms with Gasteiger partial charge in [0.05, 0.1) is 18.7 Å². The van der Waals surface area contributed by atoms with Crippen molar-refractivity contribution in [3.05, 3.63) is 112 Å². The first kappa shape index (κ1) is 25.6. The van der Waals surface area contributed by atoms with Crippen LogP contribution in [0.5, 0.6) is 0 Å². The summed E-state index contributed by atoms with van der Waals surface area (Å²) >= 11 is 18.5. The molecule has 0 saturated carbocycles. The van der Waals surface area contributed by atoms with Crippen molar-refractivity contribution in [1.29, 1.82) is 0 Å². The van der Waals surface area contributed by atoms with Gasteiger partial charge in [-0.15, -0.1) is 0 Å². The van der Waals surface area contributed by atoms with Gasteiger partial charge in [-0.1, -0.05) is 59.6 Å². The van der Waals surface area contributed by atoms with Crippen molar-refractivity contribution in [3.8, 4) is 0 Å². The van der Waals surface area contributed by atoms with Crippen molar-refractivity contribution < 1.29 is 14.3 Å². The van der Waals surface area contributed by atoms with Crippen LogP contribution < -0.4 is 10.2 Å². The molecule has 8 heteroatoms. The van der Waals surface area contributed by atoms with Crippen molar-refractivity contribution in [1.82, 2.24) is 5.32 Å². The summed E-state index contributed by atoms with van der Waals surface area (Å²) in [6.45, 7) is 2.23. The summed E-state index contributed by atoms with van der Waals surface area (Å²) in [5, 5.41) is 5.91. The number of fused-ring (bicyclic) bond motifs is 1. The number of nitrogens with zero attached hydrogens (tertiary/aromatic N) is 1. The molecule has 0 fully saturated rings. The maximum absolute atomic E-state index is 13.1. The number of benzene rings is 4. The number of amides is 1. The van der Waals surface area contributed by atoms with Crippen LogP contribution in [0.1, 0.15) is 33.2 Å². The molecule has 1 amide bonds. The number of esters is 1. The molecule has 0 aliphatic heterocycles. The molecular weight excluding hydrogens is 515 g/mol. The Morgan fingerprint density at radius 1 is 0.861 bits per heavy atom. The smallest absolute Gasteiger partial charge is 0.338 e. The van der Waals surface area contributed by atoms with Crippen LogP contribution in [0.4, 0.5) is 5.69 Å². The molecule has 0 spiro atoms. The molecule has 0 unspecified atom stereocenters. The van der Waals surface area contributed by atoms with Gasteiger partial charge in [-0.3, -0.25) is 10.1 Å². The van der Waals surface area contributed by atoms with Crippen LogP contribution in [0.2, 0.25) is 10.0 Å². The van der Waals surface area contributed by atoms with Crippen molar-refractivity contribution in [2.24, 2.45) is 0 Å². The summed E-state index contributed by atoms with van der Waals surface area (Å²) in [6.07, 6.45) is 0. The minimum atomic E-state index is -0.420. The number of carbonyl (C=O) groups excluding carboxylic acids is 2. The minimum absolute atomic E-state index is 0.160. The molecule has 36 heavy (non-hydrogen) atoms. The van der Waals surface area contributed by atoms with E-state index in [1.807, 2.05) is 36.4 Å². The Morgan fingerprint density at radius 3 is 2.17 bits per heavy atom. The highest BCUT2D eigenvalue weighted by molar-refractivity contribution is 7.80. The van der Waals surface area contributed by atoms with Crippen LogP contribution >= 0.6 is 35.4 Å². The highest BCUT2D eigenvalue weighted by Crippen LogP contribution is 2.28. The molecule has 182 valence electrons. The fraction of sp³-hybridized carbons (Fsp3) is 0.107. The lowest BCUT2D eigenvalue weighted by atomic mass is 10.1. The molecule has 4 aromatic carbocycles. The lowest BCUT2D eigenvalue weighted by Gasteiger charge is -2.26. The largest absolute Gasteiger partial charge is 0.462 e. The van der Waals surface area contributed by atoms with Crippen molar-refractivity contribution in [2.45, 2.75) is 13.5 Å². The van der Waals surface area contributed by atoms with E-state index < -0.39 is 5.97 Å². The molecule has 0 atom stereocenters. The van der Waals surface area contributed by atoms with Crippen molar-refractivity contribution in [3.63, 3.8) is 0 Å². The molecule has 0 aliphatic carbocycles. The van der Waals surface area contributed by atoms with Gasteiger partial charge in [0.25, 0.3) is 5.91 Å². The Kier molecular flexibility index (Phi) is 8.21. The Morgan fingerprint density at radius 2 is 1.50 bits per heavy atom. The van der Waals surface area contributed by atoms with Crippen LogP contribution in [-0.4, -0.2) is 23.6 Å². The third-order valence-corrected chi connectivity index (χ3v) is 6.58. The van der Waals surface area contributed by atoms with E-state index in [2.05, 4.69) is 5.32 Å². The topological polar surface area (TPSA) is 58.6 Å². The third-order valence-electron chi connectivity index (χ3n) is 5.55. The Labute approximate surface area is 224 Å². The van der Waals surface area contributed by atoms with Gasteiger partial charge in [-0.2, -0.15) is 0 Å². The van der Waals surface area contributed by atoms with Crippen LogP contribution in [0.3, 0.4) is 0 Å². The minimum Gasteiger partial charge on any atom is -0.462 e. The molecule has 4 rings (SSSR count). The van der Waals surface area contributed by atoms with Crippen LogP contribution in [0, 0.1) is 0 Å². The summed E-state index contributed by atoms with van der Waals surface area (Å²) in [6, 6.07) is 25.2. The molecule has 0 heterocycles. The SMILES string of the molecule is CCOC(=O)c1ccc(N(Cc2c(Cl)cccc2Cl)C(=S)NC(=O)c2ccc3ccccc3c2)cc1. The van der Waals surface area contributed by atoms with Crippen LogP contribution in [0.25, 0.3) is 10.8 Å². The van der Waals surface area contributed by atoms with Gasteiger partial charge < -0.3 is 9.64 Å². The van der Waals surface area contributed by atoms with Gasteiger partial charge in [0, 0.05) is 26.9 Å². The molecule has 5 nitrogen and oxygen atoms in total. The van der Waals surface area contributed by atoms with Gasteiger partial charge in [-0.05, 0) is 78.4 Å². The van der Waals surface area contributed by atoms with E-state index in [0.717, 1.165) is 10.8 Å². The number of carbonyl (C=O) groups is 2. The Bertz CT molecular complexity index is 1420. The molecular formula is C28H22Cl2N2O3S. The van der Waals surface area contributed by atoms with E-state index in [1.54, 1.807) is 60.4 Å². The third kappa shape index (κ3) is 5.85. The van der Waals surface area contributed by atoms with Crippen LogP contribution in [0.15, 0.2) is 84.9 Å². The number of rotatable bonds is 6. The van der Waals surface area contributed by atoms with Gasteiger partial charge in [0.2, 0.25) is 0 Å². The van der Waals surface area contributed by atoms with E-state index in [1.165, 1.54) is 0 Å². The fourth-order valence-corrected chi connectivity index (χ4v) is 4.46. The molecule has 1 N–H and O–H groups in total. The second-order valence-electron chi connectivity index (χ2n) is 7.87. The zero-order valence-corrected chi connectivity index (χ0v) is 21.7. The Balaban J connectivity index is 1.63. The van der Waals surface area contributed by atoms with Crippen molar-refractivity contribution in [2.75, 3.05) is 11.5 Å². The maximum atomic E-state index is 13.1. The van der Waals surface area contributed by atoms with Crippen molar-refractivity contribution >= 4 is 68.9 Å². The number of hydrogen-bond acceptors (Lipinski definition) is 4. The normalized spacial score (nSPS) is 10.6. The maximum Gasteiger partial charge on any atom is 0.338 e. The standard InChI is InChI=1S/C28H22Cl2N2O3S/c1-2-35-27(34)19-12-14-22(15-13-19)32(17-23-24(29)8-5-9-25(23)30)28(36)31-26(33)21-11-10-18-6-3-4-7-20(18)16-21/h3-16H,2,17H2,1H3,(H,31,33,36). The molecule has 0 bridgehead atoms. The van der Waals surface area contributed by atoms with Gasteiger partial charge in [0.15, 0.2) is 5.11 Å². The van der Waals surface area contributed by atoms with Gasteiger partial charge in [-0.25, -0.2) is 4.79 Å². The second kappa shape index (κ2) is 11.5. The summed E-state index contributed by atoms with van der Waals surface area (Å²) in [5.74, 6) is -0.763. The zero-order valence-electron chi connectivity index (χ0n) is 19.3. The van der Waals surface area contributed by atoms with Gasteiger partial charge in [0.1, 0.15) is 0 Å². The molecule has 0 saturated heterocycles. The average molecular weight is 537 g/mol. The summed E-state index contributed by atoms with van der Waals surface area (Å²) in [5.41, 5.74) is 2.17. The monoisotopic (exact) mass is 536 g/mol. The molecule has 0 radical (unpaired) electrons. The van der Waals surface area contributed by atoms with E-state index in [0.29, 0.717) is 32.4 Å². The summed E-state index contributed by atoms with van der Waals surface area (Å²) in [4.78, 5) is 26.9. The molecule has 4 aromatic rings. The van der Waals surface area contributed by atoms with Gasteiger partial charge >= 0.3 is 5.97 Å².